The zero-order valence-corrected chi connectivity index (χ0v) is 11.5. The Labute approximate surface area is 111 Å². The second-order valence-corrected chi connectivity index (χ2v) is 4.62. The fourth-order valence-electron chi connectivity index (χ4n) is 1.50. The topological polar surface area (TPSA) is 38.3 Å². The number of halogens is 2. The minimum Gasteiger partial charge on any atom is -0.468 e. The fraction of sp³-hybridized carbons (Fsp3) is 0.417. The van der Waals surface area contributed by atoms with Crippen LogP contribution in [0.1, 0.15) is 25.5 Å². The molecular formula is C12H15Cl2NO2. The standard InChI is InChI=1S/C12H15Cl2NO2/c1-7(15-8(2)12(16)17-3)9-4-5-10(13)11(14)6-9/h4-8,15H,1-3H3. The van der Waals surface area contributed by atoms with Crippen LogP contribution in [-0.4, -0.2) is 19.1 Å². The van der Waals surface area contributed by atoms with Crippen LogP contribution in [0.4, 0.5) is 0 Å². The van der Waals surface area contributed by atoms with Gasteiger partial charge >= 0.3 is 5.97 Å². The monoisotopic (exact) mass is 275 g/mol. The first-order valence-corrected chi connectivity index (χ1v) is 6.00. The maximum Gasteiger partial charge on any atom is 0.322 e. The molecule has 5 heteroatoms. The molecule has 0 aliphatic rings. The van der Waals surface area contributed by atoms with Crippen molar-refractivity contribution in [2.24, 2.45) is 0 Å². The van der Waals surface area contributed by atoms with Crippen LogP contribution in [0.2, 0.25) is 10.0 Å². The molecule has 2 unspecified atom stereocenters. The van der Waals surface area contributed by atoms with Gasteiger partial charge in [0.2, 0.25) is 0 Å². The Bertz CT molecular complexity index is 409. The maximum atomic E-state index is 11.3. The number of hydrogen-bond donors (Lipinski definition) is 1. The second-order valence-electron chi connectivity index (χ2n) is 3.81. The van der Waals surface area contributed by atoms with Gasteiger partial charge in [-0.25, -0.2) is 0 Å². The van der Waals surface area contributed by atoms with Crippen molar-refractivity contribution in [1.29, 1.82) is 0 Å². The van der Waals surface area contributed by atoms with Crippen molar-refractivity contribution in [2.75, 3.05) is 7.11 Å². The molecule has 17 heavy (non-hydrogen) atoms. The van der Waals surface area contributed by atoms with Gasteiger partial charge in [-0.2, -0.15) is 0 Å². The highest BCUT2D eigenvalue weighted by Crippen LogP contribution is 2.25. The van der Waals surface area contributed by atoms with Crippen LogP contribution < -0.4 is 5.32 Å². The number of rotatable bonds is 4. The molecular weight excluding hydrogens is 261 g/mol. The number of hydrogen-bond acceptors (Lipinski definition) is 3. The summed E-state index contributed by atoms with van der Waals surface area (Å²) >= 11 is 11.8. The highest BCUT2D eigenvalue weighted by molar-refractivity contribution is 6.42. The summed E-state index contributed by atoms with van der Waals surface area (Å²) in [4.78, 5) is 11.3. The van der Waals surface area contributed by atoms with Gasteiger partial charge in [-0.05, 0) is 31.5 Å². The third-order valence-corrected chi connectivity index (χ3v) is 3.24. The quantitative estimate of drug-likeness (QED) is 0.858. The summed E-state index contributed by atoms with van der Waals surface area (Å²) in [5.74, 6) is -0.295. The largest absolute Gasteiger partial charge is 0.468 e. The first-order chi connectivity index (χ1) is 7.95. The zero-order chi connectivity index (χ0) is 13.0. The number of nitrogens with one attached hydrogen (secondary N) is 1. The minimum absolute atomic E-state index is 0.0149. The Balaban J connectivity index is 2.72. The predicted octanol–water partition coefficient (Wildman–Crippen LogP) is 3.21. The highest BCUT2D eigenvalue weighted by atomic mass is 35.5. The van der Waals surface area contributed by atoms with Crippen LogP contribution >= 0.6 is 23.2 Å². The van der Waals surface area contributed by atoms with Crippen molar-refractivity contribution in [1.82, 2.24) is 5.32 Å². The molecule has 1 rings (SSSR count). The van der Waals surface area contributed by atoms with E-state index in [-0.39, 0.29) is 18.1 Å². The molecule has 0 saturated carbocycles. The minimum atomic E-state index is -0.371. The summed E-state index contributed by atoms with van der Waals surface area (Å²) < 4.78 is 4.64. The lowest BCUT2D eigenvalue weighted by atomic mass is 10.1. The van der Waals surface area contributed by atoms with Crippen LogP contribution in [0.5, 0.6) is 0 Å². The van der Waals surface area contributed by atoms with E-state index in [0.717, 1.165) is 5.56 Å². The number of benzene rings is 1. The number of esters is 1. The number of carbonyl (C=O) groups is 1. The summed E-state index contributed by atoms with van der Waals surface area (Å²) in [6.07, 6.45) is 0. The van der Waals surface area contributed by atoms with Gasteiger partial charge in [-0.1, -0.05) is 29.3 Å². The Hall–Kier alpha value is -0.770. The van der Waals surface area contributed by atoms with Crippen molar-refractivity contribution in [3.63, 3.8) is 0 Å². The first kappa shape index (κ1) is 14.3. The van der Waals surface area contributed by atoms with Crippen molar-refractivity contribution in [3.05, 3.63) is 33.8 Å². The summed E-state index contributed by atoms with van der Waals surface area (Å²) in [7, 11) is 1.37. The number of ether oxygens (including phenoxy) is 1. The third-order valence-electron chi connectivity index (χ3n) is 2.50. The van der Waals surface area contributed by atoms with E-state index >= 15 is 0 Å². The van der Waals surface area contributed by atoms with Gasteiger partial charge in [0.05, 0.1) is 17.2 Å². The molecule has 0 amide bonds. The Morgan fingerprint density at radius 2 is 1.94 bits per heavy atom. The van der Waals surface area contributed by atoms with Crippen molar-refractivity contribution >= 4 is 29.2 Å². The van der Waals surface area contributed by atoms with Crippen LogP contribution in [0, 0.1) is 0 Å². The molecule has 1 aromatic carbocycles. The molecule has 0 bridgehead atoms. The molecule has 1 N–H and O–H groups in total. The maximum absolute atomic E-state index is 11.3. The van der Waals surface area contributed by atoms with Crippen molar-refractivity contribution < 1.29 is 9.53 Å². The average molecular weight is 276 g/mol. The lowest BCUT2D eigenvalue weighted by Gasteiger charge is -2.19. The van der Waals surface area contributed by atoms with Crippen molar-refractivity contribution in [2.45, 2.75) is 25.9 Å². The van der Waals surface area contributed by atoms with Crippen LogP contribution in [0.3, 0.4) is 0 Å². The molecule has 0 saturated heterocycles. The Morgan fingerprint density at radius 1 is 1.29 bits per heavy atom. The van der Waals surface area contributed by atoms with Gasteiger partial charge < -0.3 is 4.74 Å². The van der Waals surface area contributed by atoms with Gasteiger partial charge in [-0.3, -0.25) is 10.1 Å². The third kappa shape index (κ3) is 3.87. The lowest BCUT2D eigenvalue weighted by Crippen LogP contribution is -2.36. The molecule has 0 fully saturated rings. The summed E-state index contributed by atoms with van der Waals surface area (Å²) in [6, 6.07) is 5.00. The van der Waals surface area contributed by atoms with E-state index in [9.17, 15) is 4.79 Å². The molecule has 94 valence electrons. The molecule has 0 aromatic heterocycles. The SMILES string of the molecule is COC(=O)C(C)NC(C)c1ccc(Cl)c(Cl)c1. The molecule has 3 nitrogen and oxygen atoms in total. The van der Waals surface area contributed by atoms with Crippen LogP contribution in [0.25, 0.3) is 0 Å². The molecule has 0 aliphatic heterocycles. The highest BCUT2D eigenvalue weighted by Gasteiger charge is 2.16. The number of carbonyl (C=O) groups excluding carboxylic acids is 1. The van der Waals surface area contributed by atoms with E-state index < -0.39 is 0 Å². The Kier molecular flexibility index (Phi) is 5.25. The average Bonchev–Trinajstić information content (AvgIpc) is 2.31. The molecule has 0 heterocycles. The van der Waals surface area contributed by atoms with Crippen molar-refractivity contribution in [3.8, 4) is 0 Å². The van der Waals surface area contributed by atoms with E-state index in [1.807, 2.05) is 13.0 Å². The first-order valence-electron chi connectivity index (χ1n) is 5.24. The fourth-order valence-corrected chi connectivity index (χ4v) is 1.80. The van der Waals surface area contributed by atoms with Crippen LogP contribution in [0.15, 0.2) is 18.2 Å². The summed E-state index contributed by atoms with van der Waals surface area (Å²) in [6.45, 7) is 3.69. The smallest absolute Gasteiger partial charge is 0.322 e. The molecule has 1 aromatic rings. The molecule has 0 radical (unpaired) electrons. The van der Waals surface area contributed by atoms with E-state index in [2.05, 4.69) is 10.1 Å². The predicted molar refractivity (Wildman–Crippen MR) is 69.5 cm³/mol. The summed E-state index contributed by atoms with van der Waals surface area (Å²) in [5, 5.41) is 4.14. The van der Waals surface area contributed by atoms with E-state index in [0.29, 0.717) is 10.0 Å². The van der Waals surface area contributed by atoms with Gasteiger partial charge in [0.1, 0.15) is 6.04 Å². The normalized spacial score (nSPS) is 14.2. The number of methoxy groups -OCH3 is 1. The van der Waals surface area contributed by atoms with Gasteiger partial charge in [-0.15, -0.1) is 0 Å². The molecule has 0 aliphatic carbocycles. The van der Waals surface area contributed by atoms with E-state index in [1.165, 1.54) is 7.11 Å². The molecule has 2 atom stereocenters. The van der Waals surface area contributed by atoms with Gasteiger partial charge in [0.25, 0.3) is 0 Å². The van der Waals surface area contributed by atoms with E-state index in [1.54, 1.807) is 19.1 Å². The van der Waals surface area contributed by atoms with E-state index in [4.69, 9.17) is 23.2 Å². The molecule has 0 spiro atoms. The summed E-state index contributed by atoms with van der Waals surface area (Å²) in [5.41, 5.74) is 0.968. The second kappa shape index (κ2) is 6.24. The zero-order valence-electron chi connectivity index (χ0n) is 9.96. The lowest BCUT2D eigenvalue weighted by molar-refractivity contribution is -0.142. The Morgan fingerprint density at radius 3 is 2.47 bits per heavy atom. The van der Waals surface area contributed by atoms with Crippen LogP contribution in [-0.2, 0) is 9.53 Å². The van der Waals surface area contributed by atoms with Gasteiger partial charge in [0, 0.05) is 6.04 Å². The van der Waals surface area contributed by atoms with Gasteiger partial charge in [0.15, 0.2) is 0 Å².